The second kappa shape index (κ2) is 7.14. The van der Waals surface area contributed by atoms with Crippen LogP contribution in [0.2, 0.25) is 0 Å². The van der Waals surface area contributed by atoms with Crippen molar-refractivity contribution < 1.29 is 9.53 Å². The zero-order valence-corrected chi connectivity index (χ0v) is 11.4. The predicted molar refractivity (Wildman–Crippen MR) is 76.5 cm³/mol. The van der Waals surface area contributed by atoms with E-state index in [1.54, 1.807) is 0 Å². The van der Waals surface area contributed by atoms with Gasteiger partial charge >= 0.3 is 5.97 Å². The highest BCUT2D eigenvalue weighted by molar-refractivity contribution is 5.95. The van der Waals surface area contributed by atoms with Gasteiger partial charge in [-0.1, -0.05) is 12.1 Å². The molecule has 1 aliphatic rings. The molecule has 1 aromatic carbocycles. The number of hydrogen-bond acceptors (Lipinski definition) is 4. The van der Waals surface area contributed by atoms with Crippen LogP contribution in [0.25, 0.3) is 0 Å². The standard InChI is InChI=1S/C15H22N2O2/c1-2-19-15(18)13-7-3-4-8-14(13)17-12-6-5-10-16-11-9-12/h3-4,7-8,12,16-17H,2,5-6,9-11H2,1H3. The number of esters is 1. The quantitative estimate of drug-likeness (QED) is 0.818. The fourth-order valence-corrected chi connectivity index (χ4v) is 2.38. The average Bonchev–Trinajstić information content (AvgIpc) is 2.68. The highest BCUT2D eigenvalue weighted by Gasteiger charge is 2.16. The molecule has 0 spiro atoms. The van der Waals surface area contributed by atoms with E-state index in [2.05, 4.69) is 10.6 Å². The SMILES string of the molecule is CCOC(=O)c1ccccc1NC1CCCNCC1. The molecule has 1 aliphatic heterocycles. The van der Waals surface area contributed by atoms with Gasteiger partial charge in [0.1, 0.15) is 0 Å². The van der Waals surface area contributed by atoms with Gasteiger partial charge in [0.25, 0.3) is 0 Å². The molecule has 1 saturated heterocycles. The number of nitrogens with one attached hydrogen (secondary N) is 2. The Morgan fingerprint density at radius 1 is 1.37 bits per heavy atom. The second-order valence-electron chi connectivity index (χ2n) is 4.79. The molecule has 4 heteroatoms. The smallest absolute Gasteiger partial charge is 0.340 e. The molecule has 0 aliphatic carbocycles. The van der Waals surface area contributed by atoms with E-state index in [0.29, 0.717) is 18.2 Å². The van der Waals surface area contributed by atoms with Crippen LogP contribution in [0.1, 0.15) is 36.5 Å². The summed E-state index contributed by atoms with van der Waals surface area (Å²) in [5, 5.41) is 6.88. The predicted octanol–water partition coefficient (Wildman–Crippen LogP) is 2.42. The van der Waals surface area contributed by atoms with E-state index in [1.165, 1.54) is 6.42 Å². The van der Waals surface area contributed by atoms with Gasteiger partial charge in [-0.15, -0.1) is 0 Å². The van der Waals surface area contributed by atoms with Crippen molar-refractivity contribution in [2.75, 3.05) is 25.0 Å². The number of anilines is 1. The summed E-state index contributed by atoms with van der Waals surface area (Å²) < 4.78 is 5.09. The first-order valence-electron chi connectivity index (χ1n) is 7.04. The number of carbonyl (C=O) groups excluding carboxylic acids is 1. The summed E-state index contributed by atoms with van der Waals surface area (Å²) in [6.45, 7) is 4.34. The van der Waals surface area contributed by atoms with Crippen LogP contribution >= 0.6 is 0 Å². The lowest BCUT2D eigenvalue weighted by Gasteiger charge is -2.19. The number of para-hydroxylation sites is 1. The van der Waals surface area contributed by atoms with Gasteiger partial charge in [0.05, 0.1) is 12.2 Å². The fraction of sp³-hybridized carbons (Fsp3) is 0.533. The van der Waals surface area contributed by atoms with Crippen LogP contribution in [-0.4, -0.2) is 31.7 Å². The van der Waals surface area contributed by atoms with E-state index in [0.717, 1.165) is 31.6 Å². The van der Waals surface area contributed by atoms with Crippen molar-refractivity contribution in [2.24, 2.45) is 0 Å². The van der Waals surface area contributed by atoms with Gasteiger partial charge in [0.15, 0.2) is 0 Å². The average molecular weight is 262 g/mol. The summed E-state index contributed by atoms with van der Waals surface area (Å²) in [4.78, 5) is 11.9. The molecule has 104 valence electrons. The first-order chi connectivity index (χ1) is 9.31. The summed E-state index contributed by atoms with van der Waals surface area (Å²) in [6, 6.07) is 8.00. The van der Waals surface area contributed by atoms with Crippen LogP contribution in [0.3, 0.4) is 0 Å². The van der Waals surface area contributed by atoms with Crippen molar-refractivity contribution in [3.05, 3.63) is 29.8 Å². The minimum Gasteiger partial charge on any atom is -0.462 e. The maximum Gasteiger partial charge on any atom is 0.340 e. The molecule has 4 nitrogen and oxygen atoms in total. The van der Waals surface area contributed by atoms with Crippen LogP contribution in [0.5, 0.6) is 0 Å². The summed E-state index contributed by atoms with van der Waals surface area (Å²) in [6.07, 6.45) is 3.38. The Morgan fingerprint density at radius 2 is 2.21 bits per heavy atom. The third-order valence-corrected chi connectivity index (χ3v) is 3.36. The minimum atomic E-state index is -0.252. The largest absolute Gasteiger partial charge is 0.462 e. The highest BCUT2D eigenvalue weighted by atomic mass is 16.5. The van der Waals surface area contributed by atoms with Gasteiger partial charge in [-0.05, 0) is 51.4 Å². The Bertz CT molecular complexity index is 412. The van der Waals surface area contributed by atoms with Gasteiger partial charge < -0.3 is 15.4 Å². The normalized spacial score (nSPS) is 19.5. The van der Waals surface area contributed by atoms with Gasteiger partial charge in [-0.2, -0.15) is 0 Å². The molecule has 1 fully saturated rings. The van der Waals surface area contributed by atoms with E-state index in [1.807, 2.05) is 31.2 Å². The van der Waals surface area contributed by atoms with Crippen LogP contribution < -0.4 is 10.6 Å². The van der Waals surface area contributed by atoms with Crippen molar-refractivity contribution in [2.45, 2.75) is 32.2 Å². The highest BCUT2D eigenvalue weighted by Crippen LogP contribution is 2.20. The Balaban J connectivity index is 2.08. The molecule has 0 bridgehead atoms. The zero-order valence-electron chi connectivity index (χ0n) is 11.4. The molecule has 1 heterocycles. The Kier molecular flexibility index (Phi) is 5.21. The molecule has 1 unspecified atom stereocenters. The monoisotopic (exact) mass is 262 g/mol. The molecule has 2 rings (SSSR count). The lowest BCUT2D eigenvalue weighted by Crippen LogP contribution is -2.23. The lowest BCUT2D eigenvalue weighted by atomic mass is 10.1. The number of rotatable bonds is 4. The summed E-state index contributed by atoms with van der Waals surface area (Å²) >= 11 is 0. The maximum absolute atomic E-state index is 11.9. The molecule has 1 atom stereocenters. The number of ether oxygens (including phenoxy) is 1. The zero-order chi connectivity index (χ0) is 13.5. The number of hydrogen-bond donors (Lipinski definition) is 2. The van der Waals surface area contributed by atoms with Crippen molar-refractivity contribution >= 4 is 11.7 Å². The van der Waals surface area contributed by atoms with E-state index >= 15 is 0 Å². The van der Waals surface area contributed by atoms with Crippen molar-refractivity contribution in [3.8, 4) is 0 Å². The van der Waals surface area contributed by atoms with E-state index in [-0.39, 0.29) is 5.97 Å². The number of benzene rings is 1. The van der Waals surface area contributed by atoms with Crippen molar-refractivity contribution in [1.29, 1.82) is 0 Å². The first-order valence-corrected chi connectivity index (χ1v) is 7.04. The van der Waals surface area contributed by atoms with Crippen molar-refractivity contribution in [3.63, 3.8) is 0 Å². The molecule has 0 aromatic heterocycles. The molecule has 19 heavy (non-hydrogen) atoms. The Morgan fingerprint density at radius 3 is 3.05 bits per heavy atom. The van der Waals surface area contributed by atoms with Crippen LogP contribution in [0.4, 0.5) is 5.69 Å². The van der Waals surface area contributed by atoms with Gasteiger partial charge in [0.2, 0.25) is 0 Å². The molecular weight excluding hydrogens is 240 g/mol. The first kappa shape index (κ1) is 13.9. The number of carbonyl (C=O) groups is 1. The van der Waals surface area contributed by atoms with Crippen LogP contribution in [0, 0.1) is 0 Å². The third-order valence-electron chi connectivity index (χ3n) is 3.36. The molecular formula is C15H22N2O2. The molecule has 0 amide bonds. The Labute approximate surface area is 114 Å². The van der Waals surface area contributed by atoms with E-state index < -0.39 is 0 Å². The molecule has 2 N–H and O–H groups in total. The topological polar surface area (TPSA) is 50.4 Å². The van der Waals surface area contributed by atoms with Crippen LogP contribution in [0.15, 0.2) is 24.3 Å². The Hall–Kier alpha value is -1.55. The summed E-state index contributed by atoms with van der Waals surface area (Å²) in [5.74, 6) is -0.252. The van der Waals surface area contributed by atoms with E-state index in [9.17, 15) is 4.79 Å². The lowest BCUT2D eigenvalue weighted by molar-refractivity contribution is 0.0527. The molecule has 0 saturated carbocycles. The van der Waals surface area contributed by atoms with Gasteiger partial charge in [-0.3, -0.25) is 0 Å². The van der Waals surface area contributed by atoms with Crippen molar-refractivity contribution in [1.82, 2.24) is 5.32 Å². The van der Waals surface area contributed by atoms with Gasteiger partial charge in [0, 0.05) is 11.7 Å². The maximum atomic E-state index is 11.9. The van der Waals surface area contributed by atoms with Crippen LogP contribution in [-0.2, 0) is 4.74 Å². The van der Waals surface area contributed by atoms with E-state index in [4.69, 9.17) is 4.74 Å². The summed E-state index contributed by atoms with van der Waals surface area (Å²) in [5.41, 5.74) is 1.51. The second-order valence-corrected chi connectivity index (χ2v) is 4.79. The fourth-order valence-electron chi connectivity index (χ4n) is 2.38. The minimum absolute atomic E-state index is 0.252. The summed E-state index contributed by atoms with van der Waals surface area (Å²) in [7, 11) is 0. The molecule has 0 radical (unpaired) electrons. The molecule has 1 aromatic rings. The van der Waals surface area contributed by atoms with Gasteiger partial charge in [-0.25, -0.2) is 4.79 Å². The third kappa shape index (κ3) is 3.96.